The van der Waals surface area contributed by atoms with Gasteiger partial charge in [-0.15, -0.1) is 0 Å². The SMILES string of the molecule is CCc1ccc(C(=O)N2CCC[C@@H]2[C@H]2CCCN2C)o1. The third kappa shape index (κ3) is 2.37. The Morgan fingerprint density at radius 3 is 2.65 bits per heavy atom. The molecule has 0 spiro atoms. The number of nitrogens with zero attached hydrogens (tertiary/aromatic N) is 2. The molecule has 1 aromatic heterocycles. The van der Waals surface area contributed by atoms with E-state index in [4.69, 9.17) is 4.42 Å². The maximum atomic E-state index is 12.7. The van der Waals surface area contributed by atoms with Gasteiger partial charge in [0.25, 0.3) is 5.91 Å². The lowest BCUT2D eigenvalue weighted by Gasteiger charge is -2.32. The lowest BCUT2D eigenvalue weighted by Crippen LogP contribution is -2.47. The van der Waals surface area contributed by atoms with E-state index < -0.39 is 0 Å². The van der Waals surface area contributed by atoms with Crippen LogP contribution in [0, 0.1) is 0 Å². The molecule has 2 aliphatic heterocycles. The van der Waals surface area contributed by atoms with Gasteiger partial charge in [-0.3, -0.25) is 4.79 Å². The Labute approximate surface area is 120 Å². The number of likely N-dealkylation sites (tertiary alicyclic amines) is 2. The molecule has 0 saturated carbocycles. The zero-order chi connectivity index (χ0) is 14.1. The first-order chi connectivity index (χ1) is 9.70. The Bertz CT molecular complexity index is 483. The predicted octanol–water partition coefficient (Wildman–Crippen LogP) is 2.54. The number of amides is 1. The number of carbonyl (C=O) groups excluding carboxylic acids is 1. The molecular weight excluding hydrogens is 252 g/mol. The van der Waals surface area contributed by atoms with Crippen LogP contribution in [-0.4, -0.2) is 47.9 Å². The van der Waals surface area contributed by atoms with Crippen LogP contribution in [0.15, 0.2) is 16.5 Å². The van der Waals surface area contributed by atoms with Crippen molar-refractivity contribution in [1.82, 2.24) is 9.80 Å². The number of likely N-dealkylation sites (N-methyl/N-ethyl adjacent to an activating group) is 1. The molecule has 3 heterocycles. The number of hydrogen-bond acceptors (Lipinski definition) is 3. The number of aryl methyl sites for hydroxylation is 1. The molecule has 0 bridgehead atoms. The molecule has 0 unspecified atom stereocenters. The van der Waals surface area contributed by atoms with Crippen molar-refractivity contribution in [2.45, 2.75) is 51.1 Å². The van der Waals surface area contributed by atoms with E-state index in [0.29, 0.717) is 17.8 Å². The fraction of sp³-hybridized carbons (Fsp3) is 0.688. The summed E-state index contributed by atoms with van der Waals surface area (Å²) in [5.41, 5.74) is 0. The van der Waals surface area contributed by atoms with Crippen molar-refractivity contribution in [3.8, 4) is 0 Å². The van der Waals surface area contributed by atoms with Crippen molar-refractivity contribution in [2.75, 3.05) is 20.1 Å². The molecule has 0 N–H and O–H groups in total. The quantitative estimate of drug-likeness (QED) is 0.851. The molecule has 2 saturated heterocycles. The van der Waals surface area contributed by atoms with E-state index in [2.05, 4.69) is 11.9 Å². The molecule has 4 nitrogen and oxygen atoms in total. The minimum absolute atomic E-state index is 0.0764. The molecule has 2 fully saturated rings. The summed E-state index contributed by atoms with van der Waals surface area (Å²) in [7, 11) is 2.18. The van der Waals surface area contributed by atoms with Crippen LogP contribution in [0.3, 0.4) is 0 Å². The van der Waals surface area contributed by atoms with Gasteiger partial charge >= 0.3 is 0 Å². The zero-order valence-electron chi connectivity index (χ0n) is 12.5. The maximum Gasteiger partial charge on any atom is 0.289 e. The highest BCUT2D eigenvalue weighted by Gasteiger charge is 2.39. The predicted molar refractivity (Wildman–Crippen MR) is 77.8 cm³/mol. The fourth-order valence-electron chi connectivity index (χ4n) is 3.69. The van der Waals surface area contributed by atoms with Gasteiger partial charge in [-0.1, -0.05) is 6.92 Å². The standard InChI is InChI=1S/C16H24N2O2/c1-3-12-8-9-15(20-12)16(19)18-11-5-7-14(18)13-6-4-10-17(13)2/h8-9,13-14H,3-7,10-11H2,1-2H3/t13-,14-/m1/s1. The molecule has 2 atom stereocenters. The Morgan fingerprint density at radius 2 is 2.00 bits per heavy atom. The Hall–Kier alpha value is -1.29. The van der Waals surface area contributed by atoms with Crippen molar-refractivity contribution < 1.29 is 9.21 Å². The molecule has 4 heteroatoms. The van der Waals surface area contributed by atoms with Gasteiger partial charge in [0.1, 0.15) is 5.76 Å². The summed E-state index contributed by atoms with van der Waals surface area (Å²) >= 11 is 0. The minimum atomic E-state index is 0.0764. The Kier molecular flexibility index (Phi) is 3.83. The summed E-state index contributed by atoms with van der Waals surface area (Å²) in [5, 5.41) is 0. The number of hydrogen-bond donors (Lipinski definition) is 0. The molecule has 2 aliphatic rings. The highest BCUT2D eigenvalue weighted by molar-refractivity contribution is 5.92. The van der Waals surface area contributed by atoms with Gasteiger partial charge in [0.2, 0.25) is 0 Å². The van der Waals surface area contributed by atoms with Crippen molar-refractivity contribution in [3.63, 3.8) is 0 Å². The molecule has 0 radical (unpaired) electrons. The summed E-state index contributed by atoms with van der Waals surface area (Å²) in [6, 6.07) is 4.64. The second-order valence-electron chi connectivity index (χ2n) is 6.02. The average molecular weight is 276 g/mol. The molecule has 1 amide bonds. The molecule has 0 aliphatic carbocycles. The van der Waals surface area contributed by atoms with Crippen LogP contribution in [0.25, 0.3) is 0 Å². The zero-order valence-corrected chi connectivity index (χ0v) is 12.5. The Morgan fingerprint density at radius 1 is 1.25 bits per heavy atom. The van der Waals surface area contributed by atoms with Crippen LogP contribution in [0.2, 0.25) is 0 Å². The summed E-state index contributed by atoms with van der Waals surface area (Å²) in [4.78, 5) is 17.1. The molecular formula is C16H24N2O2. The van der Waals surface area contributed by atoms with Gasteiger partial charge in [-0.2, -0.15) is 0 Å². The van der Waals surface area contributed by atoms with Crippen LogP contribution >= 0.6 is 0 Å². The topological polar surface area (TPSA) is 36.7 Å². The first kappa shape index (κ1) is 13.7. The molecule has 3 rings (SSSR count). The highest BCUT2D eigenvalue weighted by atomic mass is 16.4. The van der Waals surface area contributed by atoms with Crippen molar-refractivity contribution in [2.24, 2.45) is 0 Å². The fourth-order valence-corrected chi connectivity index (χ4v) is 3.69. The molecule has 110 valence electrons. The summed E-state index contributed by atoms with van der Waals surface area (Å²) in [5.74, 6) is 1.48. The monoisotopic (exact) mass is 276 g/mol. The van der Waals surface area contributed by atoms with Crippen LogP contribution in [0.5, 0.6) is 0 Å². The van der Waals surface area contributed by atoms with Gasteiger partial charge in [0, 0.05) is 25.0 Å². The van der Waals surface area contributed by atoms with E-state index in [9.17, 15) is 4.79 Å². The largest absolute Gasteiger partial charge is 0.456 e. The van der Waals surface area contributed by atoms with E-state index in [-0.39, 0.29) is 5.91 Å². The number of carbonyl (C=O) groups is 1. The van der Waals surface area contributed by atoms with Crippen molar-refractivity contribution in [3.05, 3.63) is 23.7 Å². The molecule has 20 heavy (non-hydrogen) atoms. The number of rotatable bonds is 3. The van der Waals surface area contributed by atoms with E-state index >= 15 is 0 Å². The summed E-state index contributed by atoms with van der Waals surface area (Å²) < 4.78 is 5.64. The van der Waals surface area contributed by atoms with E-state index in [1.54, 1.807) is 0 Å². The van der Waals surface area contributed by atoms with E-state index in [1.807, 2.05) is 24.0 Å². The van der Waals surface area contributed by atoms with Crippen LogP contribution < -0.4 is 0 Å². The normalized spacial score (nSPS) is 27.4. The van der Waals surface area contributed by atoms with Gasteiger partial charge in [0.05, 0.1) is 0 Å². The Balaban J connectivity index is 1.76. The lowest BCUT2D eigenvalue weighted by atomic mass is 10.0. The third-order valence-electron chi connectivity index (χ3n) is 4.80. The average Bonchev–Trinajstić information content (AvgIpc) is 3.17. The first-order valence-electron chi connectivity index (χ1n) is 7.80. The van der Waals surface area contributed by atoms with Gasteiger partial charge in [-0.05, 0) is 51.4 Å². The van der Waals surface area contributed by atoms with E-state index in [0.717, 1.165) is 38.1 Å². The van der Waals surface area contributed by atoms with Crippen molar-refractivity contribution in [1.29, 1.82) is 0 Å². The first-order valence-corrected chi connectivity index (χ1v) is 7.80. The third-order valence-corrected chi connectivity index (χ3v) is 4.80. The van der Waals surface area contributed by atoms with Crippen LogP contribution in [0.1, 0.15) is 48.9 Å². The second kappa shape index (κ2) is 5.60. The second-order valence-corrected chi connectivity index (χ2v) is 6.02. The summed E-state index contributed by atoms with van der Waals surface area (Å²) in [6.45, 7) is 4.07. The highest BCUT2D eigenvalue weighted by Crippen LogP contribution is 2.30. The van der Waals surface area contributed by atoms with Gasteiger partial charge < -0.3 is 14.2 Å². The number of furan rings is 1. The van der Waals surface area contributed by atoms with Gasteiger partial charge in [-0.25, -0.2) is 0 Å². The maximum absolute atomic E-state index is 12.7. The van der Waals surface area contributed by atoms with Crippen LogP contribution in [-0.2, 0) is 6.42 Å². The van der Waals surface area contributed by atoms with Gasteiger partial charge in [0.15, 0.2) is 5.76 Å². The van der Waals surface area contributed by atoms with Crippen molar-refractivity contribution >= 4 is 5.91 Å². The minimum Gasteiger partial charge on any atom is -0.456 e. The smallest absolute Gasteiger partial charge is 0.289 e. The van der Waals surface area contributed by atoms with Crippen LogP contribution in [0.4, 0.5) is 0 Å². The molecule has 0 aromatic carbocycles. The lowest BCUT2D eigenvalue weighted by molar-refractivity contribution is 0.0631. The summed E-state index contributed by atoms with van der Waals surface area (Å²) in [6.07, 6.45) is 5.54. The van der Waals surface area contributed by atoms with E-state index in [1.165, 1.54) is 12.8 Å². The molecule has 1 aromatic rings.